The Bertz CT molecular complexity index is 1020. The molecule has 0 fully saturated rings. The number of halogens is 1. The zero-order valence-corrected chi connectivity index (χ0v) is 15.5. The summed E-state index contributed by atoms with van der Waals surface area (Å²) >= 11 is 0. The van der Waals surface area contributed by atoms with Crippen LogP contribution in [0.2, 0.25) is 0 Å². The Balaban J connectivity index is 1.44. The molecule has 1 amide bonds. The molecule has 0 radical (unpaired) electrons. The van der Waals surface area contributed by atoms with Gasteiger partial charge in [0.1, 0.15) is 0 Å². The number of benzene rings is 2. The second-order valence-corrected chi connectivity index (χ2v) is 7.47. The molecule has 2 aliphatic heterocycles. The highest BCUT2D eigenvalue weighted by Crippen LogP contribution is 2.39. The molecule has 0 saturated carbocycles. The van der Waals surface area contributed by atoms with E-state index in [0.29, 0.717) is 19.5 Å². The Kier molecular flexibility index (Phi) is 4.19. The topological polar surface area (TPSA) is 51.0 Å². The van der Waals surface area contributed by atoms with E-state index in [0.717, 1.165) is 24.0 Å². The van der Waals surface area contributed by atoms with E-state index in [1.807, 2.05) is 42.5 Å². The summed E-state index contributed by atoms with van der Waals surface area (Å²) in [5, 5.41) is 4.44. The minimum Gasteiger partial charge on any atom is -0.332 e. The van der Waals surface area contributed by atoms with E-state index in [9.17, 15) is 9.18 Å². The number of aromatic nitrogens is 3. The SMILES string of the molecule is O=C(c1nc2n(n1)[C@H](c1ccccc1)C[C@@H]2F)N1CCCc2ccccc2C1. The van der Waals surface area contributed by atoms with E-state index in [2.05, 4.69) is 22.2 Å². The minimum absolute atomic E-state index is 0.0951. The molecule has 1 aromatic heterocycles. The standard InChI is InChI=1S/C22H21FN4O/c23-18-13-19(16-8-2-1-3-9-16)27-21(18)24-20(25-27)22(28)26-12-6-11-15-7-4-5-10-17(15)14-26/h1-5,7-10,18-19H,6,11-14H2/t18-,19-/m0/s1. The molecule has 0 spiro atoms. The first-order valence-electron chi connectivity index (χ1n) is 9.72. The number of amides is 1. The van der Waals surface area contributed by atoms with Crippen molar-refractivity contribution >= 4 is 5.91 Å². The summed E-state index contributed by atoms with van der Waals surface area (Å²) in [5.41, 5.74) is 3.42. The van der Waals surface area contributed by atoms with Crippen LogP contribution in [0.1, 0.15) is 58.2 Å². The highest BCUT2D eigenvalue weighted by Gasteiger charge is 2.37. The van der Waals surface area contributed by atoms with Gasteiger partial charge in [-0.25, -0.2) is 14.1 Å². The molecule has 0 unspecified atom stereocenters. The molecule has 2 atom stereocenters. The Morgan fingerprint density at radius 1 is 1.04 bits per heavy atom. The zero-order valence-electron chi connectivity index (χ0n) is 15.5. The summed E-state index contributed by atoms with van der Waals surface area (Å²) in [6.07, 6.45) is 0.957. The highest BCUT2D eigenvalue weighted by molar-refractivity contribution is 5.90. The van der Waals surface area contributed by atoms with E-state index in [-0.39, 0.29) is 23.6 Å². The van der Waals surface area contributed by atoms with Gasteiger partial charge in [0.15, 0.2) is 12.0 Å². The van der Waals surface area contributed by atoms with Gasteiger partial charge in [0.25, 0.3) is 5.91 Å². The van der Waals surface area contributed by atoms with Gasteiger partial charge >= 0.3 is 0 Å². The summed E-state index contributed by atoms with van der Waals surface area (Å²) < 4.78 is 16.2. The maximum atomic E-state index is 14.6. The van der Waals surface area contributed by atoms with Crippen molar-refractivity contribution in [2.24, 2.45) is 0 Å². The third-order valence-corrected chi connectivity index (χ3v) is 5.68. The quantitative estimate of drug-likeness (QED) is 0.682. The smallest absolute Gasteiger partial charge is 0.293 e. The van der Waals surface area contributed by atoms with Gasteiger partial charge < -0.3 is 4.90 Å². The maximum absolute atomic E-state index is 14.6. The summed E-state index contributed by atoms with van der Waals surface area (Å²) in [6, 6.07) is 17.7. The van der Waals surface area contributed by atoms with E-state index < -0.39 is 6.17 Å². The zero-order chi connectivity index (χ0) is 19.1. The summed E-state index contributed by atoms with van der Waals surface area (Å²) in [5.74, 6) is 0.128. The van der Waals surface area contributed by atoms with Crippen LogP contribution in [0.15, 0.2) is 54.6 Å². The molecule has 6 heteroatoms. The first kappa shape index (κ1) is 17.1. The number of rotatable bonds is 2. The van der Waals surface area contributed by atoms with Crippen LogP contribution in [0.3, 0.4) is 0 Å². The van der Waals surface area contributed by atoms with Crippen molar-refractivity contribution < 1.29 is 9.18 Å². The van der Waals surface area contributed by atoms with Crippen molar-refractivity contribution in [3.8, 4) is 0 Å². The Morgan fingerprint density at radius 3 is 2.61 bits per heavy atom. The van der Waals surface area contributed by atoms with Crippen molar-refractivity contribution in [1.29, 1.82) is 0 Å². The summed E-state index contributed by atoms with van der Waals surface area (Å²) in [7, 11) is 0. The van der Waals surface area contributed by atoms with Gasteiger partial charge in [0.05, 0.1) is 6.04 Å². The molecule has 0 aliphatic carbocycles. The van der Waals surface area contributed by atoms with Crippen LogP contribution in [0.4, 0.5) is 4.39 Å². The van der Waals surface area contributed by atoms with Crippen LogP contribution in [-0.4, -0.2) is 32.1 Å². The molecule has 0 bridgehead atoms. The molecule has 0 N–H and O–H groups in total. The molecular formula is C22H21FN4O. The van der Waals surface area contributed by atoms with Crippen molar-refractivity contribution in [2.75, 3.05) is 6.54 Å². The van der Waals surface area contributed by atoms with Crippen LogP contribution < -0.4 is 0 Å². The van der Waals surface area contributed by atoms with E-state index in [1.165, 1.54) is 5.56 Å². The third-order valence-electron chi connectivity index (χ3n) is 5.68. The lowest BCUT2D eigenvalue weighted by Gasteiger charge is -2.19. The Labute approximate surface area is 162 Å². The molecule has 2 aliphatic rings. The highest BCUT2D eigenvalue weighted by atomic mass is 19.1. The fraction of sp³-hybridized carbons (Fsp3) is 0.318. The van der Waals surface area contributed by atoms with Crippen molar-refractivity contribution in [3.63, 3.8) is 0 Å². The number of alkyl halides is 1. The molecule has 2 aromatic carbocycles. The predicted molar refractivity (Wildman–Crippen MR) is 103 cm³/mol. The van der Waals surface area contributed by atoms with Crippen molar-refractivity contribution in [1.82, 2.24) is 19.7 Å². The molecule has 3 heterocycles. The molecule has 3 aromatic rings. The fourth-order valence-corrected chi connectivity index (χ4v) is 4.24. The normalized spacial score (nSPS) is 21.1. The lowest BCUT2D eigenvalue weighted by Crippen LogP contribution is -2.31. The van der Waals surface area contributed by atoms with Crippen LogP contribution in [0.5, 0.6) is 0 Å². The molecule has 5 rings (SSSR count). The van der Waals surface area contributed by atoms with Gasteiger partial charge in [-0.2, -0.15) is 0 Å². The second kappa shape index (κ2) is 6.86. The van der Waals surface area contributed by atoms with Gasteiger partial charge in [0.2, 0.25) is 5.82 Å². The van der Waals surface area contributed by atoms with E-state index in [4.69, 9.17) is 0 Å². The first-order valence-corrected chi connectivity index (χ1v) is 9.72. The number of hydrogen-bond donors (Lipinski definition) is 0. The maximum Gasteiger partial charge on any atom is 0.293 e. The predicted octanol–water partition coefficient (Wildman–Crippen LogP) is 3.87. The van der Waals surface area contributed by atoms with E-state index >= 15 is 0 Å². The van der Waals surface area contributed by atoms with Crippen molar-refractivity contribution in [2.45, 2.75) is 38.0 Å². The molecule has 142 valence electrons. The van der Waals surface area contributed by atoms with Crippen LogP contribution >= 0.6 is 0 Å². The fourth-order valence-electron chi connectivity index (χ4n) is 4.24. The second-order valence-electron chi connectivity index (χ2n) is 7.47. The molecule has 28 heavy (non-hydrogen) atoms. The van der Waals surface area contributed by atoms with Gasteiger partial charge in [-0.15, -0.1) is 5.10 Å². The van der Waals surface area contributed by atoms with Crippen LogP contribution in [-0.2, 0) is 13.0 Å². The number of fused-ring (bicyclic) bond motifs is 2. The van der Waals surface area contributed by atoms with Crippen LogP contribution in [0.25, 0.3) is 0 Å². The minimum atomic E-state index is -1.20. The third kappa shape index (κ3) is 2.89. The van der Waals surface area contributed by atoms with E-state index in [1.54, 1.807) is 9.58 Å². The van der Waals surface area contributed by atoms with Crippen LogP contribution in [0, 0.1) is 0 Å². The molecular weight excluding hydrogens is 355 g/mol. The van der Waals surface area contributed by atoms with Gasteiger partial charge in [-0.05, 0) is 29.5 Å². The van der Waals surface area contributed by atoms with Gasteiger partial charge in [-0.1, -0.05) is 54.6 Å². The molecule has 0 saturated heterocycles. The Hall–Kier alpha value is -3.02. The average Bonchev–Trinajstić information content (AvgIpc) is 3.21. The average molecular weight is 376 g/mol. The lowest BCUT2D eigenvalue weighted by molar-refractivity contribution is 0.0732. The van der Waals surface area contributed by atoms with Crippen molar-refractivity contribution in [3.05, 3.63) is 82.9 Å². The number of carbonyl (C=O) groups excluding carboxylic acids is 1. The molecule has 5 nitrogen and oxygen atoms in total. The monoisotopic (exact) mass is 376 g/mol. The number of hydrogen-bond acceptors (Lipinski definition) is 3. The largest absolute Gasteiger partial charge is 0.332 e. The first-order chi connectivity index (χ1) is 13.7. The number of nitrogens with zero attached hydrogens (tertiary/aromatic N) is 4. The summed E-state index contributed by atoms with van der Waals surface area (Å²) in [6.45, 7) is 1.19. The summed E-state index contributed by atoms with van der Waals surface area (Å²) in [4.78, 5) is 19.2. The van der Waals surface area contributed by atoms with Gasteiger partial charge in [0, 0.05) is 19.5 Å². The number of carbonyl (C=O) groups is 1. The van der Waals surface area contributed by atoms with Gasteiger partial charge in [-0.3, -0.25) is 4.79 Å². The lowest BCUT2D eigenvalue weighted by atomic mass is 10.0. The number of aryl methyl sites for hydroxylation is 1. The Morgan fingerprint density at radius 2 is 1.79 bits per heavy atom.